The van der Waals surface area contributed by atoms with E-state index in [0.717, 1.165) is 72.3 Å². The normalized spacial score (nSPS) is 12.8. The molecule has 0 spiro atoms. The number of hydrogen-bond donors (Lipinski definition) is 0. The summed E-state index contributed by atoms with van der Waals surface area (Å²) in [6.07, 6.45) is -30.6. The van der Waals surface area contributed by atoms with E-state index < -0.39 is 132 Å². The minimum absolute atomic E-state index is 0.0119. The highest BCUT2D eigenvalue weighted by Crippen LogP contribution is 2.58. The highest BCUT2D eigenvalue weighted by atomic mass is 19.4. The van der Waals surface area contributed by atoms with Gasteiger partial charge in [0.1, 0.15) is 22.8 Å². The van der Waals surface area contributed by atoms with Crippen molar-refractivity contribution < 1.29 is 88.5 Å². The molecule has 0 heterocycles. The molecule has 11 rings (SSSR count). The largest absolute Gasteiger partial charge is 0.488 e. The molecule has 514 valence electrons. The van der Waals surface area contributed by atoms with Crippen LogP contribution in [0.3, 0.4) is 0 Å². The third-order valence-electron chi connectivity index (χ3n) is 16.5. The summed E-state index contributed by atoms with van der Waals surface area (Å²) >= 11 is 0. The first-order chi connectivity index (χ1) is 46.6. The Bertz CT molecular complexity index is 4690. The average Bonchev–Trinajstić information content (AvgIpc) is 0.711. The fourth-order valence-corrected chi connectivity index (χ4v) is 12.1. The minimum atomic E-state index is -5.16. The van der Waals surface area contributed by atoms with E-state index in [2.05, 4.69) is 0 Å². The molecule has 0 saturated heterocycles. The monoisotopic (exact) mass is 1390 g/mol. The Morgan fingerprint density at radius 1 is 0.220 bits per heavy atom. The summed E-state index contributed by atoms with van der Waals surface area (Å²) in [4.78, 5) is 0. The molecule has 0 unspecified atom stereocenters. The molecule has 0 fully saturated rings. The van der Waals surface area contributed by atoms with Crippen LogP contribution >= 0.6 is 0 Å². The predicted molar refractivity (Wildman–Crippen MR) is 351 cm³/mol. The first kappa shape index (κ1) is 71.1. The Kier molecular flexibility index (Phi) is 18.6. The zero-order chi connectivity index (χ0) is 72.5. The van der Waals surface area contributed by atoms with Crippen LogP contribution in [0, 0.1) is 0 Å². The molecular weight excluding hydrogens is 1330 g/mol. The van der Waals surface area contributed by atoms with E-state index in [1.54, 1.807) is 57.2 Å². The maximum Gasteiger partial charge on any atom is 0.420 e. The zero-order valence-corrected chi connectivity index (χ0v) is 53.6. The average molecular weight is 1390 g/mol. The molecule has 0 saturated carbocycles. The summed E-state index contributed by atoms with van der Waals surface area (Å²) < 4.78 is 285. The minimum Gasteiger partial charge on any atom is -0.488 e. The van der Waals surface area contributed by atoms with Gasteiger partial charge in [0.2, 0.25) is 0 Å². The summed E-state index contributed by atoms with van der Waals surface area (Å²) in [6, 6.07) is 43.6. The molecule has 11 aromatic carbocycles. The second-order valence-electron chi connectivity index (χ2n) is 25.8. The summed E-state index contributed by atoms with van der Waals surface area (Å²) in [7, 11) is 0. The summed E-state index contributed by atoms with van der Waals surface area (Å²) in [5.74, 6) is 0.0166. The first-order valence-corrected chi connectivity index (χ1v) is 30.8. The van der Waals surface area contributed by atoms with Crippen molar-refractivity contribution in [3.63, 3.8) is 0 Å². The van der Waals surface area contributed by atoms with Crippen molar-refractivity contribution in [1.82, 2.24) is 0 Å². The standard InChI is InChI=1S/C80H56F18O2/c1-73(2,3)63-37-31-51(43-64(63)79(93,94)95)47-19-23-49(24-20-47)67-69(53-11-7-15-57(39-53)75(81,82)83)71(55-13-9-17-59(41-55)77(87,88)89)68(72(56-14-10-18-60(42-56)78(90,91)92)70(67)54-12-8-16-58(40-54)76(84,85)86)50-25-21-48(22-26-50)52-32-38-66(65(44-52)80(96,97)98)99-61-33-27-45(28-34-61)46-29-35-62(36-30-46)100-74(4,5)6/h7-44H,1-6H3. The van der Waals surface area contributed by atoms with Gasteiger partial charge in [-0.1, -0.05) is 160 Å². The second-order valence-corrected chi connectivity index (χ2v) is 25.8. The van der Waals surface area contributed by atoms with Gasteiger partial charge >= 0.3 is 37.1 Å². The molecule has 100 heavy (non-hydrogen) atoms. The van der Waals surface area contributed by atoms with Gasteiger partial charge in [-0.05, 0) is 223 Å². The Labute approximate surface area is 562 Å². The molecule has 0 atom stereocenters. The lowest BCUT2D eigenvalue weighted by molar-refractivity contribution is -0.139. The Balaban J connectivity index is 1.20. The number of halogens is 18. The number of ether oxygens (including phenoxy) is 2. The predicted octanol–water partition coefficient (Wildman–Crippen LogP) is 27.1. The highest BCUT2D eigenvalue weighted by molar-refractivity contribution is 6.15. The molecule has 0 amide bonds. The van der Waals surface area contributed by atoms with Crippen LogP contribution < -0.4 is 9.47 Å². The van der Waals surface area contributed by atoms with Crippen LogP contribution in [-0.4, -0.2) is 5.60 Å². The lowest BCUT2D eigenvalue weighted by Crippen LogP contribution is -2.22. The van der Waals surface area contributed by atoms with Gasteiger partial charge in [-0.3, -0.25) is 0 Å². The smallest absolute Gasteiger partial charge is 0.420 e. The van der Waals surface area contributed by atoms with Crippen molar-refractivity contribution in [3.8, 4) is 117 Å². The molecule has 0 aliphatic carbocycles. The summed E-state index contributed by atoms with van der Waals surface area (Å²) in [5, 5.41) is 0. The van der Waals surface area contributed by atoms with Crippen LogP contribution in [0.4, 0.5) is 79.0 Å². The number of hydrogen-bond acceptors (Lipinski definition) is 2. The van der Waals surface area contributed by atoms with Crippen LogP contribution in [0.5, 0.6) is 17.2 Å². The third kappa shape index (κ3) is 15.5. The van der Waals surface area contributed by atoms with Crippen molar-refractivity contribution in [1.29, 1.82) is 0 Å². The van der Waals surface area contributed by atoms with Crippen molar-refractivity contribution in [3.05, 3.63) is 269 Å². The lowest BCUT2D eigenvalue weighted by Gasteiger charge is -2.30. The zero-order valence-electron chi connectivity index (χ0n) is 53.6. The Hall–Kier alpha value is -10.2. The van der Waals surface area contributed by atoms with Crippen LogP contribution in [0.2, 0.25) is 0 Å². The van der Waals surface area contributed by atoms with Crippen molar-refractivity contribution in [2.75, 3.05) is 0 Å². The molecule has 0 radical (unpaired) electrons. The van der Waals surface area contributed by atoms with E-state index in [1.165, 1.54) is 78.9 Å². The Morgan fingerprint density at radius 3 is 0.800 bits per heavy atom. The van der Waals surface area contributed by atoms with Gasteiger partial charge in [0.25, 0.3) is 0 Å². The molecule has 0 bridgehead atoms. The highest BCUT2D eigenvalue weighted by Gasteiger charge is 2.41. The van der Waals surface area contributed by atoms with Crippen molar-refractivity contribution >= 4 is 0 Å². The molecule has 11 aromatic rings. The van der Waals surface area contributed by atoms with Crippen molar-refractivity contribution in [2.45, 2.75) is 89.6 Å². The van der Waals surface area contributed by atoms with Crippen LogP contribution in [0.25, 0.3) is 100 Å². The molecule has 0 aliphatic heterocycles. The van der Waals surface area contributed by atoms with Gasteiger partial charge in [0.05, 0.1) is 33.4 Å². The lowest BCUT2D eigenvalue weighted by atomic mass is 9.73. The fourth-order valence-electron chi connectivity index (χ4n) is 12.1. The van der Waals surface area contributed by atoms with Crippen molar-refractivity contribution in [2.24, 2.45) is 0 Å². The van der Waals surface area contributed by atoms with E-state index in [9.17, 15) is 13.2 Å². The third-order valence-corrected chi connectivity index (χ3v) is 16.5. The fraction of sp³-hybridized carbons (Fsp3) is 0.175. The van der Waals surface area contributed by atoms with Crippen LogP contribution in [-0.2, 0) is 42.5 Å². The van der Waals surface area contributed by atoms with Gasteiger partial charge < -0.3 is 9.47 Å². The molecule has 0 aliphatic rings. The van der Waals surface area contributed by atoms with Crippen LogP contribution in [0.15, 0.2) is 231 Å². The van der Waals surface area contributed by atoms with E-state index >= 15 is 65.9 Å². The summed E-state index contributed by atoms with van der Waals surface area (Å²) in [5.41, 5.74) is -12.4. The molecular formula is C80H56F18O2. The van der Waals surface area contributed by atoms with E-state index in [-0.39, 0.29) is 55.8 Å². The van der Waals surface area contributed by atoms with E-state index in [1.807, 2.05) is 20.8 Å². The van der Waals surface area contributed by atoms with Gasteiger partial charge in [-0.2, -0.15) is 79.0 Å². The second kappa shape index (κ2) is 26.1. The molecule has 2 nitrogen and oxygen atoms in total. The van der Waals surface area contributed by atoms with Gasteiger partial charge in [0, 0.05) is 0 Å². The summed E-state index contributed by atoms with van der Waals surface area (Å²) in [6.45, 7) is 10.4. The van der Waals surface area contributed by atoms with E-state index in [0.29, 0.717) is 59.8 Å². The van der Waals surface area contributed by atoms with Crippen LogP contribution in [0.1, 0.15) is 80.5 Å². The van der Waals surface area contributed by atoms with E-state index in [4.69, 9.17) is 9.47 Å². The number of benzene rings is 11. The van der Waals surface area contributed by atoms with Gasteiger partial charge in [-0.25, -0.2) is 0 Å². The number of alkyl halides is 18. The maximum absolute atomic E-state index is 15.3. The molecule has 0 N–H and O–H groups in total. The maximum atomic E-state index is 15.3. The SMILES string of the molecule is CC(C)(C)Oc1ccc(-c2ccc(Oc3ccc(-c4ccc(-c5c(-c6cccc(C(F)(F)F)c6)c(-c6cccc(C(F)(F)F)c6)c(-c6ccc(-c7ccc(C(C)(C)C)c(C(F)(F)F)c7)cc6)c(-c6cccc(C(F)(F)F)c6)c5-c5cccc(C(F)(F)F)c5)cc4)cc3C(F)(F)F)cc2)cc1. The molecule has 20 heteroatoms. The topological polar surface area (TPSA) is 18.5 Å². The van der Waals surface area contributed by atoms with Gasteiger partial charge in [0.15, 0.2) is 0 Å². The molecule has 0 aromatic heterocycles. The Morgan fingerprint density at radius 2 is 0.490 bits per heavy atom. The van der Waals surface area contributed by atoms with Gasteiger partial charge in [-0.15, -0.1) is 0 Å². The quantitative estimate of drug-likeness (QED) is 0.114. The number of rotatable bonds is 12. The first-order valence-electron chi connectivity index (χ1n) is 30.8.